The molecule has 1 atom stereocenters. The van der Waals surface area contributed by atoms with Crippen LogP contribution in [0.3, 0.4) is 0 Å². The topological polar surface area (TPSA) is 41.0 Å². The van der Waals surface area contributed by atoms with Crippen molar-refractivity contribution in [3.05, 3.63) is 35.5 Å². The Balaban J connectivity index is 1.53. The van der Waals surface area contributed by atoms with Gasteiger partial charge in [-0.3, -0.25) is 4.98 Å². The lowest BCUT2D eigenvalue weighted by atomic mass is 10.2. The van der Waals surface area contributed by atoms with Crippen molar-refractivity contribution in [1.29, 1.82) is 0 Å². The van der Waals surface area contributed by atoms with Gasteiger partial charge in [0.1, 0.15) is 5.01 Å². The van der Waals surface area contributed by atoms with Crippen molar-refractivity contribution in [2.24, 2.45) is 0 Å². The molecule has 20 heavy (non-hydrogen) atoms. The van der Waals surface area contributed by atoms with E-state index >= 15 is 0 Å². The molecule has 2 aromatic heterocycles. The molecule has 3 rings (SSSR count). The summed E-state index contributed by atoms with van der Waals surface area (Å²) < 4.78 is 0. The van der Waals surface area contributed by atoms with E-state index in [0.29, 0.717) is 6.04 Å². The zero-order valence-corrected chi connectivity index (χ0v) is 12.6. The van der Waals surface area contributed by atoms with Crippen LogP contribution >= 0.6 is 11.3 Å². The molecule has 0 bridgehead atoms. The normalized spacial score (nSPS) is 19.6. The maximum Gasteiger partial charge on any atom is 0.142 e. The SMILES string of the molecule is CN1CCCC1CNCc1csc(-c2ccccn2)n1. The van der Waals surface area contributed by atoms with Crippen LogP contribution in [-0.2, 0) is 6.54 Å². The third-order valence-electron chi connectivity index (χ3n) is 3.79. The van der Waals surface area contributed by atoms with E-state index in [0.717, 1.165) is 29.5 Å². The highest BCUT2D eigenvalue weighted by Crippen LogP contribution is 2.21. The molecule has 1 saturated heterocycles. The van der Waals surface area contributed by atoms with E-state index in [4.69, 9.17) is 0 Å². The summed E-state index contributed by atoms with van der Waals surface area (Å²) in [5, 5.41) is 6.64. The third-order valence-corrected chi connectivity index (χ3v) is 4.71. The van der Waals surface area contributed by atoms with Gasteiger partial charge in [0.25, 0.3) is 0 Å². The van der Waals surface area contributed by atoms with Crippen LogP contribution in [0.1, 0.15) is 18.5 Å². The van der Waals surface area contributed by atoms with Crippen molar-refractivity contribution in [1.82, 2.24) is 20.2 Å². The summed E-state index contributed by atoms with van der Waals surface area (Å²) in [6, 6.07) is 6.61. The molecule has 0 spiro atoms. The predicted octanol–water partition coefficient (Wildman–Crippen LogP) is 2.39. The summed E-state index contributed by atoms with van der Waals surface area (Å²) in [5.74, 6) is 0. The fourth-order valence-corrected chi connectivity index (χ4v) is 3.39. The van der Waals surface area contributed by atoms with E-state index in [1.54, 1.807) is 11.3 Å². The average Bonchev–Trinajstić information content (AvgIpc) is 3.10. The largest absolute Gasteiger partial charge is 0.310 e. The standard InChI is InChI=1S/C15H20N4S/c1-19-8-4-5-13(19)10-16-9-12-11-20-15(18-12)14-6-2-3-7-17-14/h2-3,6-7,11,13,16H,4-5,8-10H2,1H3. The third kappa shape index (κ3) is 3.23. The lowest BCUT2D eigenvalue weighted by Crippen LogP contribution is -2.35. The van der Waals surface area contributed by atoms with E-state index < -0.39 is 0 Å². The maximum absolute atomic E-state index is 4.64. The van der Waals surface area contributed by atoms with Crippen LogP contribution in [0.5, 0.6) is 0 Å². The molecule has 1 N–H and O–H groups in total. The number of nitrogens with zero attached hydrogens (tertiary/aromatic N) is 3. The molecule has 0 radical (unpaired) electrons. The van der Waals surface area contributed by atoms with Crippen LogP contribution in [0.25, 0.3) is 10.7 Å². The minimum atomic E-state index is 0.684. The monoisotopic (exact) mass is 288 g/mol. The van der Waals surface area contributed by atoms with E-state index in [9.17, 15) is 0 Å². The minimum Gasteiger partial charge on any atom is -0.310 e. The first-order chi connectivity index (χ1) is 9.83. The number of thiazole rings is 1. The van der Waals surface area contributed by atoms with Crippen LogP contribution in [0.4, 0.5) is 0 Å². The van der Waals surface area contributed by atoms with E-state index in [1.165, 1.54) is 19.4 Å². The molecular formula is C15H20N4S. The average molecular weight is 288 g/mol. The Labute approximate surface area is 123 Å². The zero-order chi connectivity index (χ0) is 13.8. The maximum atomic E-state index is 4.64. The smallest absolute Gasteiger partial charge is 0.142 e. The van der Waals surface area contributed by atoms with Crippen molar-refractivity contribution >= 4 is 11.3 Å². The quantitative estimate of drug-likeness (QED) is 0.917. The van der Waals surface area contributed by atoms with Crippen molar-refractivity contribution in [2.45, 2.75) is 25.4 Å². The van der Waals surface area contributed by atoms with E-state index in [1.807, 2.05) is 24.4 Å². The number of nitrogens with one attached hydrogen (secondary N) is 1. The first kappa shape index (κ1) is 13.7. The Hall–Kier alpha value is -1.30. The Morgan fingerprint density at radius 2 is 2.40 bits per heavy atom. The molecule has 0 aliphatic carbocycles. The second-order valence-electron chi connectivity index (χ2n) is 5.27. The molecule has 2 aromatic rings. The molecule has 0 amide bonds. The Morgan fingerprint density at radius 3 is 3.15 bits per heavy atom. The second kappa shape index (κ2) is 6.43. The number of likely N-dealkylation sites (tertiary alicyclic amines) is 1. The lowest BCUT2D eigenvalue weighted by Gasteiger charge is -2.19. The highest BCUT2D eigenvalue weighted by molar-refractivity contribution is 7.13. The van der Waals surface area contributed by atoms with E-state index in [-0.39, 0.29) is 0 Å². The van der Waals surface area contributed by atoms with Gasteiger partial charge in [0.05, 0.1) is 11.4 Å². The second-order valence-corrected chi connectivity index (χ2v) is 6.12. The molecular weight excluding hydrogens is 268 g/mol. The summed E-state index contributed by atoms with van der Waals surface area (Å²) in [5.41, 5.74) is 2.07. The van der Waals surface area contributed by atoms with Crippen molar-refractivity contribution < 1.29 is 0 Å². The number of rotatable bonds is 5. The van der Waals surface area contributed by atoms with Crippen LogP contribution in [0, 0.1) is 0 Å². The van der Waals surface area contributed by atoms with Crippen molar-refractivity contribution in [3.8, 4) is 10.7 Å². The van der Waals surface area contributed by atoms with Gasteiger partial charge in [-0.05, 0) is 38.6 Å². The Morgan fingerprint density at radius 1 is 1.45 bits per heavy atom. The van der Waals surface area contributed by atoms with Gasteiger partial charge < -0.3 is 10.2 Å². The molecule has 1 unspecified atom stereocenters. The summed E-state index contributed by atoms with van der Waals surface area (Å²) in [7, 11) is 2.21. The molecule has 4 nitrogen and oxygen atoms in total. The summed E-state index contributed by atoms with van der Waals surface area (Å²) in [6.07, 6.45) is 4.44. The molecule has 1 aliphatic rings. The number of pyridine rings is 1. The van der Waals surface area contributed by atoms with Gasteiger partial charge in [0.15, 0.2) is 0 Å². The summed E-state index contributed by atoms with van der Waals surface area (Å²) in [4.78, 5) is 11.4. The van der Waals surface area contributed by atoms with Gasteiger partial charge in [-0.1, -0.05) is 6.07 Å². The number of aromatic nitrogens is 2. The minimum absolute atomic E-state index is 0.684. The summed E-state index contributed by atoms with van der Waals surface area (Å²) >= 11 is 1.66. The van der Waals surface area contributed by atoms with E-state index in [2.05, 4.69) is 32.6 Å². The molecule has 0 aromatic carbocycles. The Bertz CT molecular complexity index is 540. The van der Waals surface area contributed by atoms with Gasteiger partial charge >= 0.3 is 0 Å². The highest BCUT2D eigenvalue weighted by Gasteiger charge is 2.19. The molecule has 5 heteroatoms. The van der Waals surface area contributed by atoms with Gasteiger partial charge in [-0.15, -0.1) is 11.3 Å². The van der Waals surface area contributed by atoms with Gasteiger partial charge in [-0.2, -0.15) is 0 Å². The first-order valence-corrected chi connectivity index (χ1v) is 7.97. The first-order valence-electron chi connectivity index (χ1n) is 7.09. The Kier molecular flexibility index (Phi) is 4.40. The fraction of sp³-hybridized carbons (Fsp3) is 0.467. The highest BCUT2D eigenvalue weighted by atomic mass is 32.1. The van der Waals surface area contributed by atoms with Gasteiger partial charge in [0.2, 0.25) is 0 Å². The number of hydrogen-bond donors (Lipinski definition) is 1. The van der Waals surface area contributed by atoms with Gasteiger partial charge in [-0.25, -0.2) is 4.98 Å². The van der Waals surface area contributed by atoms with Crippen molar-refractivity contribution in [3.63, 3.8) is 0 Å². The van der Waals surface area contributed by atoms with Crippen LogP contribution in [0.15, 0.2) is 29.8 Å². The predicted molar refractivity (Wildman–Crippen MR) is 82.7 cm³/mol. The molecule has 3 heterocycles. The van der Waals surface area contributed by atoms with Gasteiger partial charge in [0, 0.05) is 30.7 Å². The van der Waals surface area contributed by atoms with Crippen LogP contribution in [-0.4, -0.2) is 41.0 Å². The van der Waals surface area contributed by atoms with Crippen molar-refractivity contribution in [2.75, 3.05) is 20.1 Å². The summed E-state index contributed by atoms with van der Waals surface area (Å²) in [6.45, 7) is 3.12. The fourth-order valence-electron chi connectivity index (χ4n) is 2.60. The van der Waals surface area contributed by atoms with Crippen LogP contribution in [0.2, 0.25) is 0 Å². The molecule has 0 saturated carbocycles. The molecule has 1 fully saturated rings. The zero-order valence-electron chi connectivity index (χ0n) is 11.7. The number of likely N-dealkylation sites (N-methyl/N-ethyl adjacent to an activating group) is 1. The van der Waals surface area contributed by atoms with Crippen LogP contribution < -0.4 is 5.32 Å². The lowest BCUT2D eigenvalue weighted by molar-refractivity contribution is 0.300. The number of hydrogen-bond acceptors (Lipinski definition) is 5. The molecule has 106 valence electrons. The molecule has 1 aliphatic heterocycles.